The van der Waals surface area contributed by atoms with Crippen LogP contribution in [0.5, 0.6) is 0 Å². The summed E-state index contributed by atoms with van der Waals surface area (Å²) in [5.41, 5.74) is 5.73. The van der Waals surface area contributed by atoms with Gasteiger partial charge in [-0.05, 0) is 54.2 Å². The number of pyridine rings is 1. The van der Waals surface area contributed by atoms with Crippen LogP contribution in [0.4, 0.5) is 0 Å². The smallest absolute Gasteiger partial charge is 0.113 e. The first kappa shape index (κ1) is 10.8. The van der Waals surface area contributed by atoms with Gasteiger partial charge in [0.1, 0.15) is 5.69 Å². The van der Waals surface area contributed by atoms with Gasteiger partial charge in [-0.2, -0.15) is 0 Å². The van der Waals surface area contributed by atoms with E-state index in [4.69, 9.17) is 0 Å². The fourth-order valence-electron chi connectivity index (χ4n) is 2.14. The van der Waals surface area contributed by atoms with Crippen LogP contribution < -0.4 is 0 Å². The third kappa shape index (κ3) is 2.06. The van der Waals surface area contributed by atoms with E-state index < -0.39 is 0 Å². The number of allylic oxidation sites excluding steroid dienone is 1. The average Bonchev–Trinajstić information content (AvgIpc) is 2.85. The molecule has 0 atom stereocenters. The Morgan fingerprint density at radius 2 is 2.11 bits per heavy atom. The van der Waals surface area contributed by atoms with E-state index in [-0.39, 0.29) is 0 Å². The van der Waals surface area contributed by atoms with Gasteiger partial charge >= 0.3 is 0 Å². The SMILES string of the molecule is Cc1ccnc(C#Cc2cccc3c2C=CC3)c1. The molecule has 0 N–H and O–H groups in total. The van der Waals surface area contributed by atoms with Crippen LogP contribution in [-0.4, -0.2) is 4.98 Å². The summed E-state index contributed by atoms with van der Waals surface area (Å²) >= 11 is 0. The van der Waals surface area contributed by atoms with Crippen molar-refractivity contribution < 1.29 is 0 Å². The first-order valence-corrected chi connectivity index (χ1v) is 6.06. The third-order valence-corrected chi connectivity index (χ3v) is 3.06. The molecule has 1 aliphatic carbocycles. The Kier molecular flexibility index (Phi) is 2.70. The first-order chi connectivity index (χ1) is 8.83. The average molecular weight is 231 g/mol. The number of benzene rings is 1. The lowest BCUT2D eigenvalue weighted by Gasteiger charge is -2.00. The zero-order valence-corrected chi connectivity index (χ0v) is 10.3. The van der Waals surface area contributed by atoms with Gasteiger partial charge in [-0.3, -0.25) is 0 Å². The van der Waals surface area contributed by atoms with Crippen molar-refractivity contribution >= 4 is 6.08 Å². The molecule has 18 heavy (non-hydrogen) atoms. The van der Waals surface area contributed by atoms with Gasteiger partial charge in [0.15, 0.2) is 0 Å². The van der Waals surface area contributed by atoms with Crippen LogP contribution in [0.15, 0.2) is 42.6 Å². The predicted octanol–water partition coefficient (Wildman–Crippen LogP) is 3.36. The van der Waals surface area contributed by atoms with Crippen molar-refractivity contribution in [1.29, 1.82) is 0 Å². The maximum atomic E-state index is 4.26. The largest absolute Gasteiger partial charge is 0.248 e. The van der Waals surface area contributed by atoms with Crippen LogP contribution in [0.25, 0.3) is 6.08 Å². The molecule has 0 fully saturated rings. The van der Waals surface area contributed by atoms with Gasteiger partial charge in [0.05, 0.1) is 0 Å². The molecule has 0 saturated heterocycles. The number of aromatic nitrogens is 1. The number of aryl methyl sites for hydroxylation is 1. The number of rotatable bonds is 0. The standard InChI is InChI=1S/C17H13N/c1-13-10-11-18-16(12-13)9-8-15-5-2-4-14-6-3-7-17(14)15/h2-5,7,10-12H,6H2,1H3. The van der Waals surface area contributed by atoms with Gasteiger partial charge < -0.3 is 0 Å². The lowest BCUT2D eigenvalue weighted by molar-refractivity contribution is 1.25. The minimum Gasteiger partial charge on any atom is -0.248 e. The molecule has 1 nitrogen and oxygen atoms in total. The predicted molar refractivity (Wildman–Crippen MR) is 74.1 cm³/mol. The maximum Gasteiger partial charge on any atom is 0.113 e. The van der Waals surface area contributed by atoms with E-state index in [9.17, 15) is 0 Å². The molecule has 1 aliphatic rings. The lowest BCUT2D eigenvalue weighted by Crippen LogP contribution is -1.87. The molecule has 3 rings (SSSR count). The summed E-state index contributed by atoms with van der Waals surface area (Å²) in [6.45, 7) is 2.05. The highest BCUT2D eigenvalue weighted by Crippen LogP contribution is 2.22. The van der Waals surface area contributed by atoms with Gasteiger partial charge in [0.2, 0.25) is 0 Å². The minimum absolute atomic E-state index is 0.828. The Balaban J connectivity index is 1.99. The fraction of sp³-hybridized carbons (Fsp3) is 0.118. The van der Waals surface area contributed by atoms with E-state index in [0.717, 1.165) is 17.7 Å². The summed E-state index contributed by atoms with van der Waals surface area (Å²) in [6.07, 6.45) is 7.16. The number of nitrogens with zero attached hydrogens (tertiary/aromatic N) is 1. The van der Waals surface area contributed by atoms with Crippen molar-refractivity contribution in [2.45, 2.75) is 13.3 Å². The van der Waals surface area contributed by atoms with Crippen molar-refractivity contribution in [3.8, 4) is 11.8 Å². The van der Waals surface area contributed by atoms with Gasteiger partial charge in [-0.25, -0.2) is 4.98 Å². The van der Waals surface area contributed by atoms with Crippen LogP contribution in [0, 0.1) is 18.8 Å². The minimum atomic E-state index is 0.828. The van der Waals surface area contributed by atoms with Crippen LogP contribution in [0.3, 0.4) is 0 Å². The fourth-order valence-corrected chi connectivity index (χ4v) is 2.14. The van der Waals surface area contributed by atoms with Gasteiger partial charge in [0, 0.05) is 11.8 Å². The van der Waals surface area contributed by atoms with Gasteiger partial charge in [-0.15, -0.1) is 0 Å². The summed E-state index contributed by atoms with van der Waals surface area (Å²) in [7, 11) is 0. The monoisotopic (exact) mass is 231 g/mol. The molecule has 1 heterocycles. The van der Waals surface area contributed by atoms with Crippen molar-refractivity contribution in [2.24, 2.45) is 0 Å². The quantitative estimate of drug-likeness (QED) is 0.633. The summed E-state index contributed by atoms with van der Waals surface area (Å²) in [5.74, 6) is 6.36. The number of hydrogen-bond donors (Lipinski definition) is 0. The highest BCUT2D eigenvalue weighted by molar-refractivity contribution is 5.67. The summed E-state index contributed by atoms with van der Waals surface area (Å²) < 4.78 is 0. The maximum absolute atomic E-state index is 4.26. The number of fused-ring (bicyclic) bond motifs is 1. The normalized spacial score (nSPS) is 11.8. The Morgan fingerprint density at radius 1 is 1.17 bits per heavy atom. The van der Waals surface area contributed by atoms with Crippen molar-refractivity contribution in [2.75, 3.05) is 0 Å². The molecule has 0 saturated carbocycles. The summed E-state index contributed by atoms with van der Waals surface area (Å²) in [4.78, 5) is 4.26. The zero-order chi connectivity index (χ0) is 12.4. The Labute approximate surface area is 107 Å². The van der Waals surface area contributed by atoms with Crippen LogP contribution in [0.1, 0.15) is 27.9 Å². The summed E-state index contributed by atoms with van der Waals surface area (Å²) in [6, 6.07) is 10.3. The molecule has 0 amide bonds. The second-order valence-electron chi connectivity index (χ2n) is 4.45. The zero-order valence-electron chi connectivity index (χ0n) is 10.3. The lowest BCUT2D eigenvalue weighted by atomic mass is 10.0. The van der Waals surface area contributed by atoms with E-state index >= 15 is 0 Å². The van der Waals surface area contributed by atoms with Crippen molar-refractivity contribution in [3.63, 3.8) is 0 Å². The molecular formula is C17H13N. The van der Waals surface area contributed by atoms with Crippen molar-refractivity contribution in [1.82, 2.24) is 4.98 Å². The second-order valence-corrected chi connectivity index (χ2v) is 4.45. The van der Waals surface area contributed by atoms with E-state index in [2.05, 4.69) is 54.1 Å². The second kappa shape index (κ2) is 4.50. The van der Waals surface area contributed by atoms with E-state index in [1.807, 2.05) is 12.1 Å². The molecule has 1 aromatic carbocycles. The molecule has 0 aliphatic heterocycles. The van der Waals surface area contributed by atoms with Crippen LogP contribution in [0.2, 0.25) is 0 Å². The summed E-state index contributed by atoms with van der Waals surface area (Å²) in [5, 5.41) is 0. The molecule has 1 heteroatoms. The van der Waals surface area contributed by atoms with E-state index in [1.54, 1.807) is 6.20 Å². The van der Waals surface area contributed by atoms with Crippen LogP contribution >= 0.6 is 0 Å². The van der Waals surface area contributed by atoms with Crippen molar-refractivity contribution in [3.05, 3.63) is 70.6 Å². The molecular weight excluding hydrogens is 218 g/mol. The first-order valence-electron chi connectivity index (χ1n) is 6.06. The highest BCUT2D eigenvalue weighted by atomic mass is 14.6. The van der Waals surface area contributed by atoms with E-state index in [0.29, 0.717) is 0 Å². The van der Waals surface area contributed by atoms with E-state index in [1.165, 1.54) is 16.7 Å². The third-order valence-electron chi connectivity index (χ3n) is 3.06. The molecule has 0 spiro atoms. The Hall–Kier alpha value is -2.33. The van der Waals surface area contributed by atoms with Gasteiger partial charge in [-0.1, -0.05) is 30.2 Å². The molecule has 0 unspecified atom stereocenters. The number of hydrogen-bond acceptors (Lipinski definition) is 1. The Morgan fingerprint density at radius 3 is 3.00 bits per heavy atom. The molecule has 2 aromatic rings. The highest BCUT2D eigenvalue weighted by Gasteiger charge is 2.07. The van der Waals surface area contributed by atoms with Crippen LogP contribution in [-0.2, 0) is 6.42 Å². The Bertz CT molecular complexity index is 684. The van der Waals surface area contributed by atoms with Gasteiger partial charge in [0.25, 0.3) is 0 Å². The topological polar surface area (TPSA) is 12.9 Å². The molecule has 86 valence electrons. The molecule has 0 bridgehead atoms. The molecule has 0 radical (unpaired) electrons. The molecule has 1 aromatic heterocycles.